The molecule has 3 rings (SSSR count). The van der Waals surface area contributed by atoms with E-state index in [9.17, 15) is 27.9 Å². The van der Waals surface area contributed by atoms with Crippen LogP contribution in [-0.4, -0.2) is 60.1 Å². The molecule has 1 aliphatic rings. The van der Waals surface area contributed by atoms with Crippen molar-refractivity contribution < 1.29 is 27.9 Å². The van der Waals surface area contributed by atoms with Gasteiger partial charge in [0.2, 0.25) is 0 Å². The van der Waals surface area contributed by atoms with Crippen LogP contribution in [0.4, 0.5) is 13.2 Å². The van der Waals surface area contributed by atoms with Crippen molar-refractivity contribution in [3.05, 3.63) is 71.3 Å². The topological polar surface area (TPSA) is 60.9 Å². The highest BCUT2D eigenvalue weighted by Gasteiger charge is 2.62. The number of hydrogen-bond acceptors (Lipinski definition) is 3. The van der Waals surface area contributed by atoms with Gasteiger partial charge in [0.1, 0.15) is 0 Å². The number of benzene rings is 2. The van der Waals surface area contributed by atoms with Crippen LogP contribution in [-0.2, 0) is 16.8 Å². The average molecular weight is 541 g/mol. The lowest BCUT2D eigenvalue weighted by Crippen LogP contribution is -2.57. The number of carbonyl (C=O) groups is 2. The molecule has 0 bridgehead atoms. The van der Waals surface area contributed by atoms with Gasteiger partial charge in [-0.25, -0.2) is 0 Å². The molecule has 1 N–H and O–H groups in total. The lowest BCUT2D eigenvalue weighted by molar-refractivity contribution is -0.262. The Hall–Kier alpha value is -2.58. The zero-order valence-corrected chi connectivity index (χ0v) is 22.2. The molecular formula is C28H36ClF3N2O3. The van der Waals surface area contributed by atoms with E-state index >= 15 is 0 Å². The third-order valence-electron chi connectivity index (χ3n) is 7.00. The summed E-state index contributed by atoms with van der Waals surface area (Å²) >= 11 is 0. The summed E-state index contributed by atoms with van der Waals surface area (Å²) in [7, 11) is 3.45. The van der Waals surface area contributed by atoms with Crippen molar-refractivity contribution in [3.63, 3.8) is 0 Å². The van der Waals surface area contributed by atoms with Gasteiger partial charge in [-0.1, -0.05) is 61.7 Å². The van der Waals surface area contributed by atoms with Gasteiger partial charge in [-0.3, -0.25) is 9.59 Å². The molecule has 2 amide bonds. The van der Waals surface area contributed by atoms with Crippen molar-refractivity contribution in [2.24, 2.45) is 5.92 Å². The number of halogens is 4. The summed E-state index contributed by atoms with van der Waals surface area (Å²) in [6.45, 7) is 0.430. The maximum atomic E-state index is 13.8. The third-order valence-corrected chi connectivity index (χ3v) is 7.00. The Morgan fingerprint density at radius 3 is 2.08 bits per heavy atom. The normalized spacial score (nSPS) is 16.0. The molecule has 2 aromatic rings. The highest BCUT2D eigenvalue weighted by Crippen LogP contribution is 2.41. The molecule has 0 aliphatic carbocycles. The Morgan fingerprint density at radius 2 is 1.54 bits per heavy atom. The minimum Gasteiger partial charge on any atom is -0.369 e. The van der Waals surface area contributed by atoms with E-state index in [1.807, 2.05) is 24.3 Å². The number of alkyl halides is 3. The molecule has 1 heterocycles. The maximum absolute atomic E-state index is 13.8. The fourth-order valence-corrected chi connectivity index (χ4v) is 4.75. The largest absolute Gasteiger partial charge is 0.430 e. The Labute approximate surface area is 223 Å². The Balaban J connectivity index is 0.00000481. The van der Waals surface area contributed by atoms with Gasteiger partial charge in [0.25, 0.3) is 17.4 Å². The molecule has 0 spiro atoms. The number of carbonyl (C=O) groups excluding carboxylic acids is 2. The van der Waals surface area contributed by atoms with E-state index in [1.165, 1.54) is 17.7 Å². The molecule has 37 heavy (non-hydrogen) atoms. The fraction of sp³-hybridized carbons (Fsp3) is 0.500. The van der Waals surface area contributed by atoms with Crippen LogP contribution in [0.25, 0.3) is 0 Å². The van der Waals surface area contributed by atoms with Crippen molar-refractivity contribution in [2.75, 3.05) is 27.2 Å². The number of hydrogen-bond donors (Lipinski definition) is 1. The summed E-state index contributed by atoms with van der Waals surface area (Å²) in [5.41, 5.74) is -2.12. The Morgan fingerprint density at radius 1 is 0.946 bits per heavy atom. The van der Waals surface area contributed by atoms with Crippen LogP contribution < -0.4 is 0 Å². The molecule has 0 saturated carbocycles. The zero-order chi connectivity index (χ0) is 26.3. The number of amides is 2. The lowest BCUT2D eigenvalue weighted by Gasteiger charge is -2.38. The lowest BCUT2D eigenvalue weighted by atomic mass is 9.87. The second kappa shape index (κ2) is 13.3. The Kier molecular flexibility index (Phi) is 11.0. The molecule has 204 valence electrons. The van der Waals surface area contributed by atoms with Crippen LogP contribution in [0.1, 0.15) is 60.0 Å². The van der Waals surface area contributed by atoms with E-state index in [0.29, 0.717) is 24.3 Å². The maximum Gasteiger partial charge on any atom is 0.430 e. The number of rotatable bonds is 9. The first-order valence-corrected chi connectivity index (χ1v) is 12.5. The molecule has 2 aromatic carbocycles. The van der Waals surface area contributed by atoms with Gasteiger partial charge >= 0.3 is 6.18 Å². The number of likely N-dealkylation sites (tertiary alicyclic amines) is 1. The van der Waals surface area contributed by atoms with Crippen LogP contribution >= 0.6 is 12.4 Å². The SMILES string of the molecule is CN(C)C(=O)c1ccc(CCCCCC2CCN(C(=O)[C@](O)(c3ccccc3)C(F)(F)F)CC2)cc1.Cl. The number of piperidine rings is 1. The van der Waals surface area contributed by atoms with E-state index in [1.54, 1.807) is 25.1 Å². The van der Waals surface area contributed by atoms with E-state index in [2.05, 4.69) is 0 Å². The molecule has 1 atom stereocenters. The fourth-order valence-electron chi connectivity index (χ4n) is 4.75. The van der Waals surface area contributed by atoms with Crippen molar-refractivity contribution in [1.29, 1.82) is 0 Å². The third kappa shape index (κ3) is 7.48. The zero-order valence-electron chi connectivity index (χ0n) is 21.3. The predicted octanol–water partition coefficient (Wildman–Crippen LogP) is 5.60. The van der Waals surface area contributed by atoms with Gasteiger partial charge < -0.3 is 14.9 Å². The molecule has 1 saturated heterocycles. The average Bonchev–Trinajstić information content (AvgIpc) is 2.87. The van der Waals surface area contributed by atoms with Crippen molar-refractivity contribution >= 4 is 24.2 Å². The van der Waals surface area contributed by atoms with E-state index in [4.69, 9.17) is 0 Å². The smallest absolute Gasteiger partial charge is 0.369 e. The second-order valence-electron chi connectivity index (χ2n) is 9.81. The molecule has 0 aromatic heterocycles. The van der Waals surface area contributed by atoms with E-state index in [0.717, 1.165) is 49.1 Å². The predicted molar refractivity (Wildman–Crippen MR) is 140 cm³/mol. The first-order chi connectivity index (χ1) is 17.0. The molecule has 1 aliphatic heterocycles. The van der Waals surface area contributed by atoms with Crippen LogP contribution in [0.3, 0.4) is 0 Å². The van der Waals surface area contributed by atoms with Gasteiger partial charge in [-0.2, -0.15) is 13.2 Å². The van der Waals surface area contributed by atoms with Crippen LogP contribution in [0.15, 0.2) is 54.6 Å². The highest BCUT2D eigenvalue weighted by molar-refractivity contribution is 5.93. The monoisotopic (exact) mass is 540 g/mol. The number of aryl methyl sites for hydroxylation is 1. The molecule has 1 fully saturated rings. The first kappa shape index (κ1) is 30.6. The van der Waals surface area contributed by atoms with E-state index in [-0.39, 0.29) is 31.4 Å². The van der Waals surface area contributed by atoms with Crippen LogP contribution in [0.2, 0.25) is 0 Å². The molecule has 0 radical (unpaired) electrons. The first-order valence-electron chi connectivity index (χ1n) is 12.5. The minimum absolute atomic E-state index is 0. The summed E-state index contributed by atoms with van der Waals surface area (Å²) in [5, 5.41) is 10.5. The summed E-state index contributed by atoms with van der Waals surface area (Å²) < 4.78 is 41.4. The summed E-state index contributed by atoms with van der Waals surface area (Å²) in [6, 6.07) is 14.3. The van der Waals surface area contributed by atoms with Gasteiger partial charge in [0.05, 0.1) is 0 Å². The standard InChI is InChI=1S/C28H35F3N2O3.ClH/c1-32(2)25(34)23-15-13-21(14-16-23)9-5-3-6-10-22-17-19-33(20-18-22)26(35)27(36,28(29,30)31)24-11-7-4-8-12-24;/h4,7-8,11-16,22,36H,3,5-6,9-10,17-20H2,1-2H3;1H/t27-;/m1./s1. The number of nitrogens with zero attached hydrogens (tertiary/aromatic N) is 2. The van der Waals surface area contributed by atoms with Crippen LogP contribution in [0, 0.1) is 5.92 Å². The quantitative estimate of drug-likeness (QED) is 0.421. The van der Waals surface area contributed by atoms with Gasteiger partial charge in [-0.05, 0) is 49.3 Å². The van der Waals surface area contributed by atoms with Crippen molar-refractivity contribution in [1.82, 2.24) is 9.80 Å². The molecule has 9 heteroatoms. The number of aliphatic hydroxyl groups is 1. The molecular weight excluding hydrogens is 505 g/mol. The highest BCUT2D eigenvalue weighted by atomic mass is 35.5. The van der Waals surface area contributed by atoms with Gasteiger partial charge in [-0.15, -0.1) is 12.4 Å². The molecule has 0 unspecified atom stereocenters. The summed E-state index contributed by atoms with van der Waals surface area (Å²) in [4.78, 5) is 27.5. The Bertz CT molecular complexity index is 1010. The van der Waals surface area contributed by atoms with Crippen molar-refractivity contribution in [3.8, 4) is 0 Å². The van der Waals surface area contributed by atoms with Crippen LogP contribution in [0.5, 0.6) is 0 Å². The molecule has 5 nitrogen and oxygen atoms in total. The second-order valence-corrected chi connectivity index (χ2v) is 9.81. The van der Waals surface area contributed by atoms with Gasteiger partial charge in [0, 0.05) is 38.3 Å². The van der Waals surface area contributed by atoms with Crippen molar-refractivity contribution in [2.45, 2.75) is 56.7 Å². The summed E-state index contributed by atoms with van der Waals surface area (Å²) in [5.74, 6) is -0.948. The van der Waals surface area contributed by atoms with Gasteiger partial charge in [0.15, 0.2) is 0 Å². The van der Waals surface area contributed by atoms with E-state index < -0.39 is 23.2 Å². The summed E-state index contributed by atoms with van der Waals surface area (Å²) in [6.07, 6.45) is 1.15. The number of unbranched alkanes of at least 4 members (excludes halogenated alkanes) is 2. The minimum atomic E-state index is -5.11.